The Labute approximate surface area is 155 Å². The summed E-state index contributed by atoms with van der Waals surface area (Å²) in [5.41, 5.74) is 7.43. The van der Waals surface area contributed by atoms with Gasteiger partial charge >= 0.3 is 0 Å². The Morgan fingerprint density at radius 3 is 2.81 bits per heavy atom. The Balaban J connectivity index is 2.09. The number of aryl methyl sites for hydroxylation is 1. The average Bonchev–Trinajstić information content (AvgIpc) is 3.15. The van der Waals surface area contributed by atoms with Gasteiger partial charge in [-0.2, -0.15) is 0 Å². The second-order valence-electron chi connectivity index (χ2n) is 6.88. The Kier molecular flexibility index (Phi) is 4.95. The summed E-state index contributed by atoms with van der Waals surface area (Å²) in [6.45, 7) is 5.94. The third-order valence-electron chi connectivity index (χ3n) is 4.21. The summed E-state index contributed by atoms with van der Waals surface area (Å²) in [6, 6.07) is 1.17. The summed E-state index contributed by atoms with van der Waals surface area (Å²) >= 11 is 1.44. The van der Waals surface area contributed by atoms with E-state index in [1.165, 1.54) is 11.3 Å². The van der Waals surface area contributed by atoms with E-state index >= 15 is 0 Å². The van der Waals surface area contributed by atoms with Crippen LogP contribution in [0.5, 0.6) is 0 Å². The molecule has 8 heteroatoms. The van der Waals surface area contributed by atoms with Crippen molar-refractivity contribution in [2.45, 2.75) is 39.8 Å². The number of thiophene rings is 1. The first-order chi connectivity index (χ1) is 12.3. The SMILES string of the molecule is Cc1csc(-c2nc(N[C@H](CC(C)C)C(N)=O)c(F)c3c2C(=O)NC3)c1. The highest BCUT2D eigenvalue weighted by Gasteiger charge is 2.31. The van der Waals surface area contributed by atoms with Gasteiger partial charge in [-0.05, 0) is 36.3 Å². The van der Waals surface area contributed by atoms with E-state index in [1.807, 2.05) is 32.2 Å². The zero-order chi connectivity index (χ0) is 19.0. The normalized spacial score (nSPS) is 14.3. The summed E-state index contributed by atoms with van der Waals surface area (Å²) < 4.78 is 14.9. The molecule has 3 rings (SSSR count). The molecule has 26 heavy (non-hydrogen) atoms. The number of fused-ring (bicyclic) bond motifs is 1. The van der Waals surface area contributed by atoms with E-state index in [9.17, 15) is 14.0 Å². The summed E-state index contributed by atoms with van der Waals surface area (Å²) in [5.74, 6) is -1.38. The second kappa shape index (κ2) is 7.03. The predicted octanol–water partition coefficient (Wildman–Crippen LogP) is 2.81. The number of carbonyl (C=O) groups excluding carboxylic acids is 2. The molecule has 2 aromatic heterocycles. The molecular formula is C18H21FN4O2S. The number of carbonyl (C=O) groups is 2. The fourth-order valence-electron chi connectivity index (χ4n) is 2.99. The van der Waals surface area contributed by atoms with Crippen molar-refractivity contribution in [2.75, 3.05) is 5.32 Å². The number of pyridine rings is 1. The number of halogens is 1. The van der Waals surface area contributed by atoms with Crippen molar-refractivity contribution in [3.63, 3.8) is 0 Å². The Bertz CT molecular complexity index is 878. The summed E-state index contributed by atoms with van der Waals surface area (Å²) in [4.78, 5) is 29.1. The molecule has 0 aliphatic carbocycles. The maximum absolute atomic E-state index is 14.9. The van der Waals surface area contributed by atoms with Gasteiger partial charge in [-0.15, -0.1) is 11.3 Å². The lowest BCUT2D eigenvalue weighted by Crippen LogP contribution is -2.37. The quantitative estimate of drug-likeness (QED) is 0.722. The smallest absolute Gasteiger partial charge is 0.254 e. The van der Waals surface area contributed by atoms with Gasteiger partial charge in [0, 0.05) is 12.1 Å². The number of nitrogens with zero attached hydrogens (tertiary/aromatic N) is 1. The van der Waals surface area contributed by atoms with Crippen LogP contribution in [0.2, 0.25) is 0 Å². The fourth-order valence-corrected chi connectivity index (χ4v) is 3.89. The number of nitrogens with one attached hydrogen (secondary N) is 2. The summed E-state index contributed by atoms with van der Waals surface area (Å²) in [5, 5.41) is 7.43. The van der Waals surface area contributed by atoms with Crippen molar-refractivity contribution < 1.29 is 14.0 Å². The van der Waals surface area contributed by atoms with Crippen LogP contribution in [-0.2, 0) is 11.3 Å². The zero-order valence-electron chi connectivity index (χ0n) is 14.9. The van der Waals surface area contributed by atoms with E-state index in [2.05, 4.69) is 15.6 Å². The number of hydrogen-bond acceptors (Lipinski definition) is 5. The molecule has 138 valence electrons. The fraction of sp³-hybridized carbons (Fsp3) is 0.389. The first-order valence-electron chi connectivity index (χ1n) is 8.39. The molecule has 2 aromatic rings. The van der Waals surface area contributed by atoms with Crippen LogP contribution >= 0.6 is 11.3 Å². The van der Waals surface area contributed by atoms with Crippen LogP contribution in [0, 0.1) is 18.7 Å². The lowest BCUT2D eigenvalue weighted by molar-refractivity contribution is -0.119. The standard InChI is InChI=1S/C18H21FN4O2S/c1-8(2)4-11(16(20)24)22-17-14(19)10-6-21-18(25)13(10)15(23-17)12-5-9(3)7-26-12/h5,7-8,11H,4,6H2,1-3H3,(H2,20,24)(H,21,25)(H,22,23)/t11-/m1/s1. The molecule has 0 saturated carbocycles. The minimum Gasteiger partial charge on any atom is -0.368 e. The third-order valence-corrected chi connectivity index (χ3v) is 5.27. The second-order valence-corrected chi connectivity index (χ2v) is 7.79. The maximum atomic E-state index is 14.9. The molecular weight excluding hydrogens is 355 g/mol. The molecule has 0 aromatic carbocycles. The number of hydrogen-bond donors (Lipinski definition) is 3. The number of primary amides is 1. The monoisotopic (exact) mass is 376 g/mol. The molecule has 0 radical (unpaired) electrons. The zero-order valence-corrected chi connectivity index (χ0v) is 15.7. The van der Waals surface area contributed by atoms with Gasteiger partial charge in [-0.1, -0.05) is 13.8 Å². The van der Waals surface area contributed by atoms with E-state index in [1.54, 1.807) is 0 Å². The number of nitrogens with two attached hydrogens (primary N) is 1. The lowest BCUT2D eigenvalue weighted by Gasteiger charge is -2.19. The van der Waals surface area contributed by atoms with Crippen molar-refractivity contribution in [3.8, 4) is 10.6 Å². The van der Waals surface area contributed by atoms with Crippen molar-refractivity contribution in [1.29, 1.82) is 0 Å². The molecule has 0 fully saturated rings. The van der Waals surface area contributed by atoms with Crippen LogP contribution in [0.4, 0.5) is 10.2 Å². The van der Waals surface area contributed by atoms with Crippen LogP contribution in [-0.4, -0.2) is 22.8 Å². The van der Waals surface area contributed by atoms with Gasteiger partial charge in [0.25, 0.3) is 5.91 Å². The van der Waals surface area contributed by atoms with Gasteiger partial charge in [0.2, 0.25) is 5.91 Å². The highest BCUT2D eigenvalue weighted by atomic mass is 32.1. The molecule has 0 saturated heterocycles. The highest BCUT2D eigenvalue weighted by Crippen LogP contribution is 2.35. The van der Waals surface area contributed by atoms with Crippen molar-refractivity contribution in [1.82, 2.24) is 10.3 Å². The van der Waals surface area contributed by atoms with E-state index < -0.39 is 17.8 Å². The molecule has 1 atom stereocenters. The van der Waals surface area contributed by atoms with Crippen molar-refractivity contribution >= 4 is 29.0 Å². The van der Waals surface area contributed by atoms with Crippen molar-refractivity contribution in [3.05, 3.63) is 34.0 Å². The van der Waals surface area contributed by atoms with Crippen LogP contribution in [0.3, 0.4) is 0 Å². The number of rotatable bonds is 6. The van der Waals surface area contributed by atoms with E-state index in [4.69, 9.17) is 5.73 Å². The Morgan fingerprint density at radius 2 is 2.23 bits per heavy atom. The largest absolute Gasteiger partial charge is 0.368 e. The minimum absolute atomic E-state index is 0.0502. The molecule has 0 spiro atoms. The van der Waals surface area contributed by atoms with E-state index in [-0.39, 0.29) is 35.3 Å². The maximum Gasteiger partial charge on any atom is 0.254 e. The minimum atomic E-state index is -0.738. The van der Waals surface area contributed by atoms with E-state index in [0.717, 1.165) is 10.4 Å². The number of anilines is 1. The van der Waals surface area contributed by atoms with Crippen LogP contribution < -0.4 is 16.4 Å². The lowest BCUT2D eigenvalue weighted by atomic mass is 10.0. The highest BCUT2D eigenvalue weighted by molar-refractivity contribution is 7.13. The molecule has 6 nitrogen and oxygen atoms in total. The number of amides is 2. The molecule has 0 bridgehead atoms. The molecule has 2 amide bonds. The van der Waals surface area contributed by atoms with Crippen LogP contribution in [0.25, 0.3) is 10.6 Å². The third kappa shape index (κ3) is 3.41. The first-order valence-corrected chi connectivity index (χ1v) is 9.27. The van der Waals surface area contributed by atoms with Gasteiger partial charge in [0.05, 0.1) is 16.1 Å². The molecule has 1 aliphatic rings. The molecule has 4 N–H and O–H groups in total. The van der Waals surface area contributed by atoms with Gasteiger partial charge in [0.1, 0.15) is 6.04 Å². The number of aromatic nitrogens is 1. The average molecular weight is 376 g/mol. The topological polar surface area (TPSA) is 97.1 Å². The predicted molar refractivity (Wildman–Crippen MR) is 99.5 cm³/mol. The molecule has 0 unspecified atom stereocenters. The van der Waals surface area contributed by atoms with Crippen molar-refractivity contribution in [2.24, 2.45) is 11.7 Å². The molecule has 3 heterocycles. The Hall–Kier alpha value is -2.48. The van der Waals surface area contributed by atoms with Gasteiger partial charge in [-0.3, -0.25) is 9.59 Å². The summed E-state index contributed by atoms with van der Waals surface area (Å²) in [7, 11) is 0. The van der Waals surface area contributed by atoms with Crippen LogP contribution in [0.15, 0.2) is 11.4 Å². The molecule has 1 aliphatic heterocycles. The van der Waals surface area contributed by atoms with Gasteiger partial charge in [-0.25, -0.2) is 9.37 Å². The van der Waals surface area contributed by atoms with Gasteiger partial charge in [0.15, 0.2) is 11.6 Å². The first kappa shape index (κ1) is 18.3. The Morgan fingerprint density at radius 1 is 1.50 bits per heavy atom. The van der Waals surface area contributed by atoms with Gasteiger partial charge < -0.3 is 16.4 Å². The van der Waals surface area contributed by atoms with E-state index in [0.29, 0.717) is 12.1 Å². The van der Waals surface area contributed by atoms with Crippen LogP contribution in [0.1, 0.15) is 41.8 Å². The summed E-state index contributed by atoms with van der Waals surface area (Å²) in [6.07, 6.45) is 0.457.